The maximum atomic E-state index is 12.7. The smallest absolute Gasteiger partial charge is 0.216 e. The molecule has 0 N–H and O–H groups in total. The first-order valence-electron chi connectivity index (χ1n) is 7.51. The van der Waals surface area contributed by atoms with Gasteiger partial charge in [-0.05, 0) is 55.0 Å². The van der Waals surface area contributed by atoms with Gasteiger partial charge in [0.05, 0.1) is 4.90 Å². The highest BCUT2D eigenvalue weighted by Gasteiger charge is 2.24. The Bertz CT molecular complexity index is 1020. The molecular formula is C19H14ClNO3S. The molecule has 2 aromatic carbocycles. The Morgan fingerprint density at radius 3 is 2.56 bits per heavy atom. The first-order valence-corrected chi connectivity index (χ1v) is 9.37. The zero-order valence-electron chi connectivity index (χ0n) is 13.3. The van der Waals surface area contributed by atoms with E-state index in [9.17, 15) is 13.7 Å². The third-order valence-electron chi connectivity index (χ3n) is 3.84. The number of allylic oxidation sites excluding steroid dienone is 1. The molecule has 0 radical (unpaired) electrons. The van der Waals surface area contributed by atoms with Gasteiger partial charge in [-0.2, -0.15) is 5.26 Å². The molecule has 1 aliphatic rings. The molecule has 0 saturated heterocycles. The molecule has 2 aromatic rings. The van der Waals surface area contributed by atoms with E-state index in [1.165, 1.54) is 30.3 Å². The third kappa shape index (κ3) is 3.46. The highest BCUT2D eigenvalue weighted by Crippen LogP contribution is 2.31. The van der Waals surface area contributed by atoms with E-state index in [0.29, 0.717) is 10.6 Å². The fourth-order valence-corrected chi connectivity index (χ4v) is 3.77. The SMILES string of the molecule is C[C@H]1Oc2ccccc2C=C1/C=C(/C#N)S(=O)(=O)c1ccc(Cl)cc1. The number of benzene rings is 2. The first-order chi connectivity index (χ1) is 11.9. The summed E-state index contributed by atoms with van der Waals surface area (Å²) in [5.41, 5.74) is 1.46. The van der Waals surface area contributed by atoms with E-state index in [1.807, 2.05) is 37.3 Å². The summed E-state index contributed by atoms with van der Waals surface area (Å²) in [7, 11) is -3.92. The summed E-state index contributed by atoms with van der Waals surface area (Å²) >= 11 is 5.80. The van der Waals surface area contributed by atoms with Crippen molar-refractivity contribution < 1.29 is 13.2 Å². The van der Waals surface area contributed by atoms with Crippen LogP contribution in [0.2, 0.25) is 5.02 Å². The van der Waals surface area contributed by atoms with E-state index in [2.05, 4.69) is 0 Å². The maximum Gasteiger partial charge on any atom is 0.216 e. The summed E-state index contributed by atoms with van der Waals surface area (Å²) in [6.07, 6.45) is 2.83. The minimum atomic E-state index is -3.92. The number of halogens is 1. The molecule has 0 spiro atoms. The molecule has 25 heavy (non-hydrogen) atoms. The highest BCUT2D eigenvalue weighted by molar-refractivity contribution is 7.95. The second-order valence-electron chi connectivity index (χ2n) is 5.52. The number of nitrogens with zero attached hydrogens (tertiary/aromatic N) is 1. The molecule has 6 heteroatoms. The third-order valence-corrected chi connectivity index (χ3v) is 5.77. The van der Waals surface area contributed by atoms with Gasteiger partial charge in [-0.15, -0.1) is 0 Å². The number of para-hydroxylation sites is 1. The van der Waals surface area contributed by atoms with Crippen molar-refractivity contribution in [3.63, 3.8) is 0 Å². The molecule has 1 aliphatic heterocycles. The molecule has 1 heterocycles. The van der Waals surface area contributed by atoms with Crippen molar-refractivity contribution in [2.24, 2.45) is 0 Å². The Morgan fingerprint density at radius 2 is 1.88 bits per heavy atom. The van der Waals surface area contributed by atoms with Crippen molar-refractivity contribution in [3.8, 4) is 11.8 Å². The molecule has 0 bridgehead atoms. The van der Waals surface area contributed by atoms with Crippen molar-refractivity contribution in [1.29, 1.82) is 5.26 Å². The van der Waals surface area contributed by atoms with Gasteiger partial charge in [0.2, 0.25) is 9.84 Å². The molecule has 1 atom stereocenters. The van der Waals surface area contributed by atoms with Gasteiger partial charge < -0.3 is 4.74 Å². The number of rotatable bonds is 3. The van der Waals surface area contributed by atoms with Crippen LogP contribution in [0.4, 0.5) is 0 Å². The van der Waals surface area contributed by atoms with E-state index < -0.39 is 9.84 Å². The minimum absolute atomic E-state index is 0.0232. The fourth-order valence-electron chi connectivity index (χ4n) is 2.48. The number of ether oxygens (including phenoxy) is 1. The Hall–Kier alpha value is -2.55. The Balaban J connectivity index is 2.05. The van der Waals surface area contributed by atoms with Crippen LogP contribution in [0.1, 0.15) is 12.5 Å². The Morgan fingerprint density at radius 1 is 1.20 bits per heavy atom. The van der Waals surface area contributed by atoms with E-state index in [4.69, 9.17) is 16.3 Å². The zero-order chi connectivity index (χ0) is 18.0. The van der Waals surface area contributed by atoms with Crippen molar-refractivity contribution >= 4 is 27.5 Å². The number of fused-ring (bicyclic) bond motifs is 1. The van der Waals surface area contributed by atoms with E-state index in [-0.39, 0.29) is 15.9 Å². The average Bonchev–Trinajstić information content (AvgIpc) is 2.60. The fraction of sp³-hybridized carbons (Fsp3) is 0.105. The van der Waals surface area contributed by atoms with Crippen molar-refractivity contribution in [2.45, 2.75) is 17.9 Å². The van der Waals surface area contributed by atoms with Crippen LogP contribution >= 0.6 is 11.6 Å². The van der Waals surface area contributed by atoms with Crippen LogP contribution in [0.25, 0.3) is 6.08 Å². The lowest BCUT2D eigenvalue weighted by Gasteiger charge is -2.23. The van der Waals surface area contributed by atoms with Gasteiger partial charge >= 0.3 is 0 Å². The molecule has 126 valence electrons. The minimum Gasteiger partial charge on any atom is -0.485 e. The standard InChI is InChI=1S/C19H14ClNO3S/c1-13-15(10-14-4-2-3-5-19(14)24-13)11-18(12-21)25(22,23)17-8-6-16(20)7-9-17/h2-11,13H,1H3/b18-11-/t13-/m1/s1. The quantitative estimate of drug-likeness (QED) is 0.750. The molecule has 0 saturated carbocycles. The monoisotopic (exact) mass is 371 g/mol. The number of nitriles is 1. The molecule has 0 fully saturated rings. The maximum absolute atomic E-state index is 12.7. The van der Waals surface area contributed by atoms with Crippen molar-refractivity contribution in [3.05, 3.63) is 75.7 Å². The van der Waals surface area contributed by atoms with Crippen LogP contribution < -0.4 is 4.74 Å². The molecule has 4 nitrogen and oxygen atoms in total. The molecule has 0 aliphatic carbocycles. The lowest BCUT2D eigenvalue weighted by Crippen LogP contribution is -2.18. The predicted octanol–water partition coefficient (Wildman–Crippen LogP) is 4.39. The summed E-state index contributed by atoms with van der Waals surface area (Å²) < 4.78 is 31.2. The van der Waals surface area contributed by atoms with Gasteiger partial charge in [-0.1, -0.05) is 29.8 Å². The van der Waals surface area contributed by atoms with Crippen LogP contribution in [-0.4, -0.2) is 14.5 Å². The number of hydrogen-bond donors (Lipinski definition) is 0. The molecular weight excluding hydrogens is 358 g/mol. The van der Waals surface area contributed by atoms with Crippen LogP contribution in [0, 0.1) is 11.3 Å². The van der Waals surface area contributed by atoms with Gasteiger partial charge in [0.15, 0.2) is 0 Å². The molecule has 0 unspecified atom stereocenters. The van der Waals surface area contributed by atoms with Crippen molar-refractivity contribution in [1.82, 2.24) is 0 Å². The molecule has 0 amide bonds. The summed E-state index contributed by atoms with van der Waals surface area (Å²) in [5.74, 6) is 0.728. The lowest BCUT2D eigenvalue weighted by molar-refractivity contribution is 0.257. The van der Waals surface area contributed by atoms with Crippen LogP contribution in [0.3, 0.4) is 0 Å². The second kappa shape index (κ2) is 6.75. The van der Waals surface area contributed by atoms with Crippen LogP contribution in [0.15, 0.2) is 70.0 Å². The number of hydrogen-bond acceptors (Lipinski definition) is 4. The Labute approximate surface area is 151 Å². The van der Waals surface area contributed by atoms with Gasteiger partial charge in [0.25, 0.3) is 0 Å². The zero-order valence-corrected chi connectivity index (χ0v) is 14.9. The Kier molecular flexibility index (Phi) is 4.67. The van der Waals surface area contributed by atoms with Gasteiger partial charge in [-0.25, -0.2) is 8.42 Å². The van der Waals surface area contributed by atoms with Gasteiger partial charge in [0.1, 0.15) is 22.8 Å². The largest absolute Gasteiger partial charge is 0.485 e. The highest BCUT2D eigenvalue weighted by atomic mass is 35.5. The first kappa shape index (κ1) is 17.3. The van der Waals surface area contributed by atoms with Gasteiger partial charge in [0, 0.05) is 10.6 Å². The van der Waals surface area contributed by atoms with Crippen molar-refractivity contribution in [2.75, 3.05) is 0 Å². The molecule has 0 aromatic heterocycles. The average molecular weight is 372 g/mol. The normalized spacial score (nSPS) is 17.1. The second-order valence-corrected chi connectivity index (χ2v) is 7.87. The predicted molar refractivity (Wildman–Crippen MR) is 96.8 cm³/mol. The van der Waals surface area contributed by atoms with E-state index in [1.54, 1.807) is 6.07 Å². The summed E-state index contributed by atoms with van der Waals surface area (Å²) in [5, 5.41) is 9.82. The number of sulfone groups is 1. The van der Waals surface area contributed by atoms with E-state index >= 15 is 0 Å². The van der Waals surface area contributed by atoms with Crippen LogP contribution in [0.5, 0.6) is 5.75 Å². The lowest BCUT2D eigenvalue weighted by atomic mass is 10.0. The van der Waals surface area contributed by atoms with Gasteiger partial charge in [-0.3, -0.25) is 0 Å². The van der Waals surface area contributed by atoms with E-state index in [0.717, 1.165) is 11.3 Å². The van der Waals surface area contributed by atoms with Crippen LogP contribution in [-0.2, 0) is 9.84 Å². The molecule has 3 rings (SSSR count). The summed E-state index contributed by atoms with van der Waals surface area (Å²) in [6.45, 7) is 1.81. The summed E-state index contributed by atoms with van der Waals surface area (Å²) in [4.78, 5) is -0.314. The topological polar surface area (TPSA) is 67.2 Å². The summed E-state index contributed by atoms with van der Waals surface area (Å²) in [6, 6.07) is 15.0.